The van der Waals surface area contributed by atoms with Gasteiger partial charge in [-0.05, 0) is 36.4 Å². The highest BCUT2D eigenvalue weighted by atomic mass is 32.2. The van der Waals surface area contributed by atoms with E-state index >= 15 is 0 Å². The molecule has 0 bridgehead atoms. The lowest BCUT2D eigenvalue weighted by Crippen LogP contribution is -2.03. The first-order valence-corrected chi connectivity index (χ1v) is 8.03. The zero-order valence-corrected chi connectivity index (χ0v) is 13.4. The summed E-state index contributed by atoms with van der Waals surface area (Å²) < 4.78 is 42.3. The third kappa shape index (κ3) is 3.23. The SMILES string of the molecule is CNc1nnc(SCc2c(F)cccc2F)n1-c1ccc(F)cc1. The van der Waals surface area contributed by atoms with Crippen molar-refractivity contribution in [3.63, 3.8) is 0 Å². The van der Waals surface area contributed by atoms with Gasteiger partial charge < -0.3 is 5.32 Å². The average Bonchev–Trinajstić information content (AvgIpc) is 2.98. The Bertz CT molecular complexity index is 829. The Morgan fingerprint density at radius 3 is 2.29 bits per heavy atom. The highest BCUT2D eigenvalue weighted by Gasteiger charge is 2.16. The average molecular weight is 350 g/mol. The molecule has 1 aromatic heterocycles. The van der Waals surface area contributed by atoms with Crippen LogP contribution in [0.25, 0.3) is 5.69 Å². The molecule has 0 fully saturated rings. The number of hydrogen-bond acceptors (Lipinski definition) is 4. The lowest BCUT2D eigenvalue weighted by molar-refractivity contribution is 0.566. The zero-order valence-electron chi connectivity index (χ0n) is 12.6. The number of nitrogens with zero attached hydrogens (tertiary/aromatic N) is 3. The normalized spacial score (nSPS) is 10.8. The van der Waals surface area contributed by atoms with Crippen molar-refractivity contribution in [3.05, 3.63) is 65.5 Å². The fourth-order valence-electron chi connectivity index (χ4n) is 2.16. The molecule has 0 spiro atoms. The number of rotatable bonds is 5. The molecule has 0 atom stereocenters. The van der Waals surface area contributed by atoms with Crippen LogP contribution in [0.2, 0.25) is 0 Å². The van der Waals surface area contributed by atoms with Gasteiger partial charge in [-0.3, -0.25) is 4.57 Å². The van der Waals surface area contributed by atoms with E-state index < -0.39 is 11.6 Å². The van der Waals surface area contributed by atoms with Crippen molar-refractivity contribution in [3.8, 4) is 5.69 Å². The van der Waals surface area contributed by atoms with Gasteiger partial charge in [-0.15, -0.1) is 10.2 Å². The third-order valence-corrected chi connectivity index (χ3v) is 4.30. The van der Waals surface area contributed by atoms with Crippen LogP contribution >= 0.6 is 11.8 Å². The lowest BCUT2D eigenvalue weighted by Gasteiger charge is -2.10. The van der Waals surface area contributed by atoms with Crippen molar-refractivity contribution < 1.29 is 13.2 Å². The predicted molar refractivity (Wildman–Crippen MR) is 86.8 cm³/mol. The molecule has 4 nitrogen and oxygen atoms in total. The number of aromatic nitrogens is 3. The van der Waals surface area contributed by atoms with Gasteiger partial charge in [-0.1, -0.05) is 17.8 Å². The van der Waals surface area contributed by atoms with Crippen molar-refractivity contribution in [2.45, 2.75) is 10.9 Å². The molecule has 1 N–H and O–H groups in total. The molecule has 24 heavy (non-hydrogen) atoms. The molecule has 124 valence electrons. The largest absolute Gasteiger partial charge is 0.357 e. The molecular weight excluding hydrogens is 337 g/mol. The molecule has 0 unspecified atom stereocenters. The summed E-state index contributed by atoms with van der Waals surface area (Å²) >= 11 is 1.14. The number of halogens is 3. The van der Waals surface area contributed by atoms with Crippen molar-refractivity contribution in [1.82, 2.24) is 14.8 Å². The third-order valence-electron chi connectivity index (χ3n) is 3.35. The van der Waals surface area contributed by atoms with Crippen molar-refractivity contribution in [2.75, 3.05) is 12.4 Å². The Balaban J connectivity index is 1.92. The monoisotopic (exact) mass is 350 g/mol. The Morgan fingerprint density at radius 1 is 1.00 bits per heavy atom. The highest BCUT2D eigenvalue weighted by molar-refractivity contribution is 7.98. The Hall–Kier alpha value is -2.48. The fourth-order valence-corrected chi connectivity index (χ4v) is 3.12. The second kappa shape index (κ2) is 6.96. The van der Waals surface area contributed by atoms with E-state index in [9.17, 15) is 13.2 Å². The molecule has 0 radical (unpaired) electrons. The summed E-state index contributed by atoms with van der Waals surface area (Å²) in [5, 5.41) is 11.3. The second-order valence-corrected chi connectivity index (χ2v) is 5.80. The van der Waals surface area contributed by atoms with E-state index in [1.165, 1.54) is 30.3 Å². The minimum atomic E-state index is -0.607. The molecule has 8 heteroatoms. The Kier molecular flexibility index (Phi) is 4.75. The summed E-state index contributed by atoms with van der Waals surface area (Å²) in [5.74, 6) is -1.08. The first kappa shape index (κ1) is 16.4. The molecule has 3 rings (SSSR count). The van der Waals surface area contributed by atoms with E-state index in [-0.39, 0.29) is 17.1 Å². The number of benzene rings is 2. The van der Waals surface area contributed by atoms with Crippen LogP contribution in [0.5, 0.6) is 0 Å². The van der Waals surface area contributed by atoms with Crippen LogP contribution in [0, 0.1) is 17.5 Å². The minimum absolute atomic E-state index is 0.0258. The maximum absolute atomic E-state index is 13.7. The lowest BCUT2D eigenvalue weighted by atomic mass is 10.2. The van der Waals surface area contributed by atoms with Gasteiger partial charge in [0.25, 0.3) is 0 Å². The topological polar surface area (TPSA) is 42.7 Å². The van der Waals surface area contributed by atoms with Gasteiger partial charge >= 0.3 is 0 Å². The minimum Gasteiger partial charge on any atom is -0.357 e. The van der Waals surface area contributed by atoms with E-state index in [0.717, 1.165) is 11.8 Å². The maximum atomic E-state index is 13.7. The molecule has 0 saturated carbocycles. The number of anilines is 1. The molecular formula is C16H13F3N4S. The molecule has 3 aromatic rings. The van der Waals surface area contributed by atoms with Crippen LogP contribution < -0.4 is 5.32 Å². The van der Waals surface area contributed by atoms with Crippen LogP contribution in [0.4, 0.5) is 19.1 Å². The van der Waals surface area contributed by atoms with Crippen LogP contribution in [0.15, 0.2) is 47.6 Å². The standard InChI is InChI=1S/C16H13F3N4S/c1-20-15-21-22-16(23(15)11-7-5-10(17)6-8-11)24-9-12-13(18)3-2-4-14(12)19/h2-8H,9H2,1H3,(H,20,21). The molecule has 0 amide bonds. The first-order chi connectivity index (χ1) is 11.6. The fraction of sp³-hybridized carbons (Fsp3) is 0.125. The van der Waals surface area contributed by atoms with Gasteiger partial charge in [0.2, 0.25) is 5.95 Å². The van der Waals surface area contributed by atoms with Crippen LogP contribution in [0.1, 0.15) is 5.56 Å². The van der Waals surface area contributed by atoms with Gasteiger partial charge in [0.1, 0.15) is 17.5 Å². The Morgan fingerprint density at radius 2 is 1.67 bits per heavy atom. The van der Waals surface area contributed by atoms with E-state index in [1.54, 1.807) is 23.7 Å². The summed E-state index contributed by atoms with van der Waals surface area (Å²) in [6.45, 7) is 0. The van der Waals surface area contributed by atoms with Crippen LogP contribution in [0.3, 0.4) is 0 Å². The summed E-state index contributed by atoms with van der Waals surface area (Å²) in [5.41, 5.74) is 0.615. The van der Waals surface area contributed by atoms with Crippen LogP contribution in [-0.4, -0.2) is 21.8 Å². The van der Waals surface area contributed by atoms with Crippen LogP contribution in [-0.2, 0) is 5.75 Å². The summed E-state index contributed by atoms with van der Waals surface area (Å²) in [6, 6.07) is 9.53. The van der Waals surface area contributed by atoms with Crippen molar-refractivity contribution in [1.29, 1.82) is 0 Å². The van der Waals surface area contributed by atoms with Crippen molar-refractivity contribution >= 4 is 17.7 Å². The quantitative estimate of drug-likeness (QED) is 0.706. The molecule has 0 aliphatic heterocycles. The predicted octanol–water partition coefficient (Wildman–Crippen LogP) is 4.02. The first-order valence-electron chi connectivity index (χ1n) is 7.05. The van der Waals surface area contributed by atoms with E-state index in [0.29, 0.717) is 16.8 Å². The number of nitrogens with one attached hydrogen (secondary N) is 1. The van der Waals surface area contributed by atoms with Gasteiger partial charge in [0, 0.05) is 18.4 Å². The summed E-state index contributed by atoms with van der Waals surface area (Å²) in [4.78, 5) is 0. The summed E-state index contributed by atoms with van der Waals surface area (Å²) in [7, 11) is 1.68. The number of hydrogen-bond donors (Lipinski definition) is 1. The van der Waals surface area contributed by atoms with Gasteiger partial charge in [-0.2, -0.15) is 0 Å². The van der Waals surface area contributed by atoms with E-state index in [4.69, 9.17) is 0 Å². The van der Waals surface area contributed by atoms with Gasteiger partial charge in [0.05, 0.1) is 5.69 Å². The number of thioether (sulfide) groups is 1. The molecule has 0 aliphatic carbocycles. The van der Waals surface area contributed by atoms with Gasteiger partial charge in [-0.25, -0.2) is 13.2 Å². The highest BCUT2D eigenvalue weighted by Crippen LogP contribution is 2.28. The second-order valence-electron chi connectivity index (χ2n) is 4.86. The smallest absolute Gasteiger partial charge is 0.229 e. The van der Waals surface area contributed by atoms with E-state index in [1.807, 2.05) is 0 Å². The maximum Gasteiger partial charge on any atom is 0.229 e. The Labute approximate surface area is 140 Å². The molecule has 2 aromatic carbocycles. The summed E-state index contributed by atoms with van der Waals surface area (Å²) in [6.07, 6.45) is 0. The molecule has 0 saturated heterocycles. The van der Waals surface area contributed by atoms with Gasteiger partial charge in [0.15, 0.2) is 5.16 Å². The molecule has 0 aliphatic rings. The molecule has 1 heterocycles. The van der Waals surface area contributed by atoms with E-state index in [2.05, 4.69) is 15.5 Å². The van der Waals surface area contributed by atoms with Crippen molar-refractivity contribution in [2.24, 2.45) is 0 Å². The zero-order chi connectivity index (χ0) is 17.1.